The van der Waals surface area contributed by atoms with Gasteiger partial charge in [-0.1, -0.05) is 30.3 Å². The summed E-state index contributed by atoms with van der Waals surface area (Å²) in [5.41, 5.74) is -0.869. The van der Waals surface area contributed by atoms with Crippen molar-refractivity contribution in [2.75, 3.05) is 17.3 Å². The number of carbonyl (C=O) groups excluding carboxylic acids is 2. The highest BCUT2D eigenvalue weighted by Gasteiger charge is 2.53. The third-order valence-corrected chi connectivity index (χ3v) is 4.95. The van der Waals surface area contributed by atoms with Crippen molar-refractivity contribution in [1.82, 2.24) is 0 Å². The number of halogens is 4. The summed E-state index contributed by atoms with van der Waals surface area (Å²) in [4.78, 5) is 24.8. The maximum Gasteiger partial charge on any atom is 0.471 e. The molecule has 0 bridgehead atoms. The van der Waals surface area contributed by atoms with Gasteiger partial charge in [-0.15, -0.1) is 11.6 Å². The minimum Gasteiger partial charge on any atom is -0.303 e. The Kier molecular flexibility index (Phi) is 3.83. The fourth-order valence-corrected chi connectivity index (χ4v) is 3.65. The zero-order valence-electron chi connectivity index (χ0n) is 12.7. The van der Waals surface area contributed by atoms with Crippen LogP contribution in [0.2, 0.25) is 0 Å². The molecule has 1 unspecified atom stereocenters. The summed E-state index contributed by atoms with van der Waals surface area (Å²) >= 11 is 6.03. The monoisotopic (exact) mass is 355 g/mol. The molecule has 7 heteroatoms. The normalized spacial score (nSPS) is 20.3. The second kappa shape index (κ2) is 5.48. The molecule has 0 fully saturated rings. The quantitative estimate of drug-likeness (QED) is 0.768. The van der Waals surface area contributed by atoms with E-state index in [-0.39, 0.29) is 17.4 Å². The Morgan fingerprint density at radius 2 is 1.88 bits per heavy atom. The van der Waals surface area contributed by atoms with Gasteiger partial charge in [0.05, 0.1) is 5.41 Å². The highest BCUT2D eigenvalue weighted by atomic mass is 35.5. The molecule has 1 aliphatic rings. The number of hydrogen-bond donors (Lipinski definition) is 0. The minimum atomic E-state index is -5.03. The van der Waals surface area contributed by atoms with Crippen LogP contribution in [0.3, 0.4) is 0 Å². The standard InChI is InChI=1S/C17H13ClF3NO2/c1-10(23)16(8-18)9-22(15(24)17(19,20)21)13-7-6-11-4-2-3-5-12(11)14(13)16/h2-7H,8-9H2,1H3. The number of ketones is 1. The number of hydrogen-bond acceptors (Lipinski definition) is 2. The molecule has 0 N–H and O–H groups in total. The van der Waals surface area contributed by atoms with Crippen LogP contribution in [0.1, 0.15) is 12.5 Å². The van der Waals surface area contributed by atoms with Gasteiger partial charge in [0.15, 0.2) is 0 Å². The van der Waals surface area contributed by atoms with Gasteiger partial charge < -0.3 is 4.90 Å². The van der Waals surface area contributed by atoms with Crippen LogP contribution < -0.4 is 4.90 Å². The summed E-state index contributed by atoms with van der Waals surface area (Å²) in [5.74, 6) is -2.56. The van der Waals surface area contributed by atoms with Gasteiger partial charge in [0, 0.05) is 23.7 Å². The van der Waals surface area contributed by atoms with E-state index in [0.29, 0.717) is 15.8 Å². The van der Waals surface area contributed by atoms with Crippen LogP contribution in [0.25, 0.3) is 10.8 Å². The van der Waals surface area contributed by atoms with Gasteiger partial charge in [-0.25, -0.2) is 0 Å². The average molecular weight is 356 g/mol. The van der Waals surface area contributed by atoms with Gasteiger partial charge in [0.2, 0.25) is 0 Å². The van der Waals surface area contributed by atoms with Crippen LogP contribution >= 0.6 is 11.6 Å². The van der Waals surface area contributed by atoms with E-state index >= 15 is 0 Å². The number of nitrogens with zero attached hydrogens (tertiary/aromatic N) is 1. The van der Waals surface area contributed by atoms with Crippen LogP contribution in [0.15, 0.2) is 36.4 Å². The van der Waals surface area contributed by atoms with Crippen LogP contribution in [-0.2, 0) is 15.0 Å². The Hall–Kier alpha value is -2.08. The number of alkyl halides is 4. The first kappa shape index (κ1) is 16.8. The molecule has 2 aromatic rings. The van der Waals surface area contributed by atoms with Crippen molar-refractivity contribution < 1.29 is 22.8 Å². The molecule has 1 atom stereocenters. The van der Waals surface area contributed by atoms with Gasteiger partial charge in [-0.2, -0.15) is 13.2 Å². The Morgan fingerprint density at radius 3 is 2.46 bits per heavy atom. The van der Waals surface area contributed by atoms with Gasteiger partial charge in [-0.3, -0.25) is 9.59 Å². The summed E-state index contributed by atoms with van der Waals surface area (Å²) in [5, 5.41) is 1.40. The van der Waals surface area contributed by atoms with E-state index in [2.05, 4.69) is 0 Å². The summed E-state index contributed by atoms with van der Waals surface area (Å²) in [6.45, 7) is 0.878. The van der Waals surface area contributed by atoms with Crippen LogP contribution in [0.5, 0.6) is 0 Å². The minimum absolute atomic E-state index is 0.0897. The van der Waals surface area contributed by atoms with E-state index in [4.69, 9.17) is 11.6 Å². The largest absolute Gasteiger partial charge is 0.471 e. The lowest BCUT2D eigenvalue weighted by Crippen LogP contribution is -2.46. The Morgan fingerprint density at radius 1 is 1.21 bits per heavy atom. The number of carbonyl (C=O) groups is 2. The zero-order valence-corrected chi connectivity index (χ0v) is 13.4. The summed E-state index contributed by atoms with van der Waals surface area (Å²) in [6, 6.07) is 10.1. The molecule has 0 aliphatic carbocycles. The van der Waals surface area contributed by atoms with Crippen LogP contribution in [0, 0.1) is 0 Å². The molecule has 3 nitrogen and oxygen atoms in total. The highest BCUT2D eigenvalue weighted by Crippen LogP contribution is 2.47. The Labute approximate surface area is 141 Å². The number of anilines is 1. The second-order valence-electron chi connectivity index (χ2n) is 5.84. The zero-order chi connectivity index (χ0) is 17.7. The predicted octanol–water partition coefficient (Wildman–Crippen LogP) is 3.81. The van der Waals surface area contributed by atoms with E-state index in [0.717, 1.165) is 5.39 Å². The first-order chi connectivity index (χ1) is 11.2. The molecule has 126 valence electrons. The Balaban J connectivity index is 2.33. The van der Waals surface area contributed by atoms with E-state index in [1.165, 1.54) is 13.0 Å². The maximum atomic E-state index is 13.0. The molecule has 0 aromatic heterocycles. The lowest BCUT2D eigenvalue weighted by atomic mass is 9.78. The van der Waals surface area contributed by atoms with Crippen molar-refractivity contribution in [1.29, 1.82) is 0 Å². The van der Waals surface area contributed by atoms with E-state index in [1.807, 2.05) is 0 Å². The molecule has 0 saturated heterocycles. The van der Waals surface area contributed by atoms with E-state index in [9.17, 15) is 22.8 Å². The maximum absolute atomic E-state index is 13.0. The summed E-state index contributed by atoms with van der Waals surface area (Å²) in [6.07, 6.45) is -5.03. The third kappa shape index (κ3) is 2.28. The molecule has 24 heavy (non-hydrogen) atoms. The predicted molar refractivity (Wildman–Crippen MR) is 85.4 cm³/mol. The molecular weight excluding hydrogens is 343 g/mol. The van der Waals surface area contributed by atoms with Crippen molar-refractivity contribution in [3.8, 4) is 0 Å². The topological polar surface area (TPSA) is 37.4 Å². The first-order valence-electron chi connectivity index (χ1n) is 7.20. The van der Waals surface area contributed by atoms with Crippen molar-refractivity contribution in [2.45, 2.75) is 18.5 Å². The van der Waals surface area contributed by atoms with E-state index < -0.39 is 24.0 Å². The van der Waals surface area contributed by atoms with Crippen LogP contribution in [-0.4, -0.2) is 30.3 Å². The van der Waals surface area contributed by atoms with E-state index in [1.54, 1.807) is 30.3 Å². The van der Waals surface area contributed by atoms with Crippen molar-refractivity contribution in [2.24, 2.45) is 0 Å². The number of fused-ring (bicyclic) bond motifs is 3. The number of amides is 1. The fraction of sp³-hybridized carbons (Fsp3) is 0.294. The SMILES string of the molecule is CC(=O)C1(CCl)CN(C(=O)C(F)(F)F)c2ccc3ccccc3c21. The van der Waals surface area contributed by atoms with Crippen molar-refractivity contribution in [3.63, 3.8) is 0 Å². The molecule has 0 saturated carbocycles. The first-order valence-corrected chi connectivity index (χ1v) is 7.74. The lowest BCUT2D eigenvalue weighted by molar-refractivity contribution is -0.170. The molecule has 1 heterocycles. The molecule has 1 aliphatic heterocycles. The number of Topliss-reactive ketones (excluding diaryl/α,β-unsaturated/α-hetero) is 1. The highest BCUT2D eigenvalue weighted by molar-refractivity contribution is 6.22. The summed E-state index contributed by atoms with van der Waals surface area (Å²) in [7, 11) is 0. The molecule has 0 spiro atoms. The molecular formula is C17H13ClF3NO2. The number of benzene rings is 2. The number of rotatable bonds is 2. The average Bonchev–Trinajstić information content (AvgIpc) is 2.89. The smallest absolute Gasteiger partial charge is 0.303 e. The molecule has 0 radical (unpaired) electrons. The molecule has 2 aromatic carbocycles. The Bertz CT molecular complexity index is 849. The lowest BCUT2D eigenvalue weighted by Gasteiger charge is -2.26. The van der Waals surface area contributed by atoms with Gasteiger partial charge >= 0.3 is 12.1 Å². The van der Waals surface area contributed by atoms with Gasteiger partial charge in [0.25, 0.3) is 0 Å². The molecule has 1 amide bonds. The summed E-state index contributed by atoms with van der Waals surface area (Å²) < 4.78 is 38.9. The van der Waals surface area contributed by atoms with Crippen LogP contribution in [0.4, 0.5) is 18.9 Å². The van der Waals surface area contributed by atoms with Crippen molar-refractivity contribution >= 4 is 39.8 Å². The van der Waals surface area contributed by atoms with Gasteiger partial charge in [-0.05, 0) is 23.8 Å². The fourth-order valence-electron chi connectivity index (χ4n) is 3.25. The van der Waals surface area contributed by atoms with Gasteiger partial charge in [0.1, 0.15) is 5.78 Å². The van der Waals surface area contributed by atoms with Crippen molar-refractivity contribution in [3.05, 3.63) is 42.0 Å². The molecule has 3 rings (SSSR count). The second-order valence-corrected chi connectivity index (χ2v) is 6.11. The third-order valence-electron chi connectivity index (χ3n) is 4.49.